The van der Waals surface area contributed by atoms with Gasteiger partial charge in [0.2, 0.25) is 0 Å². The standard InChI is InChI=1S/C12H15N5/c1-5-13-6-2-10(1)12-16-15-9-17(12)11-3-7-14-8-4-11/h1-2,5-6,9,11,14H,3-4,7-8H2. The van der Waals surface area contributed by atoms with Gasteiger partial charge in [0.05, 0.1) is 0 Å². The van der Waals surface area contributed by atoms with Crippen LogP contribution in [0.4, 0.5) is 0 Å². The first-order chi connectivity index (χ1) is 8.45. The number of rotatable bonds is 2. The molecule has 0 atom stereocenters. The Morgan fingerprint density at radius 1 is 1.18 bits per heavy atom. The first-order valence-corrected chi connectivity index (χ1v) is 5.96. The van der Waals surface area contributed by atoms with Gasteiger partial charge in [-0.1, -0.05) is 0 Å². The smallest absolute Gasteiger partial charge is 0.164 e. The summed E-state index contributed by atoms with van der Waals surface area (Å²) in [6.07, 6.45) is 7.69. The molecule has 1 N–H and O–H groups in total. The first-order valence-electron chi connectivity index (χ1n) is 5.96. The molecule has 1 aliphatic heterocycles. The van der Waals surface area contributed by atoms with Crippen LogP contribution < -0.4 is 5.32 Å². The van der Waals surface area contributed by atoms with Crippen LogP contribution in [0.3, 0.4) is 0 Å². The van der Waals surface area contributed by atoms with Gasteiger partial charge in [-0.3, -0.25) is 4.98 Å². The van der Waals surface area contributed by atoms with Crippen LogP contribution in [0, 0.1) is 0 Å². The molecule has 17 heavy (non-hydrogen) atoms. The maximum Gasteiger partial charge on any atom is 0.164 e. The van der Waals surface area contributed by atoms with E-state index in [-0.39, 0.29) is 0 Å². The van der Waals surface area contributed by atoms with Gasteiger partial charge in [-0.15, -0.1) is 10.2 Å². The molecule has 0 saturated carbocycles. The van der Waals surface area contributed by atoms with Crippen molar-refractivity contribution in [2.75, 3.05) is 13.1 Å². The Bertz CT molecular complexity index is 473. The van der Waals surface area contributed by atoms with E-state index in [1.165, 1.54) is 0 Å². The third kappa shape index (κ3) is 2.06. The Labute approximate surface area is 99.9 Å². The maximum atomic E-state index is 4.23. The zero-order chi connectivity index (χ0) is 11.5. The maximum absolute atomic E-state index is 4.23. The van der Waals surface area contributed by atoms with E-state index in [1.807, 2.05) is 18.5 Å². The average Bonchev–Trinajstić information content (AvgIpc) is 2.90. The summed E-state index contributed by atoms with van der Waals surface area (Å²) in [5, 5.41) is 11.6. The van der Waals surface area contributed by atoms with Crippen molar-refractivity contribution < 1.29 is 0 Å². The Morgan fingerprint density at radius 3 is 2.71 bits per heavy atom. The van der Waals surface area contributed by atoms with Crippen molar-refractivity contribution in [3.63, 3.8) is 0 Å². The largest absolute Gasteiger partial charge is 0.317 e. The van der Waals surface area contributed by atoms with Crippen LogP contribution in [0.15, 0.2) is 30.9 Å². The van der Waals surface area contributed by atoms with Crippen LogP contribution in [-0.4, -0.2) is 32.8 Å². The van der Waals surface area contributed by atoms with Crippen LogP contribution in [0.25, 0.3) is 11.4 Å². The van der Waals surface area contributed by atoms with Gasteiger partial charge in [0.1, 0.15) is 6.33 Å². The number of pyridine rings is 1. The topological polar surface area (TPSA) is 55.6 Å². The van der Waals surface area contributed by atoms with Crippen molar-refractivity contribution in [2.24, 2.45) is 0 Å². The molecule has 3 rings (SSSR count). The van der Waals surface area contributed by atoms with Gasteiger partial charge in [0.15, 0.2) is 5.82 Å². The summed E-state index contributed by atoms with van der Waals surface area (Å²) in [6, 6.07) is 4.46. The summed E-state index contributed by atoms with van der Waals surface area (Å²) < 4.78 is 2.19. The van der Waals surface area contributed by atoms with Crippen LogP contribution in [0.1, 0.15) is 18.9 Å². The summed E-state index contributed by atoms with van der Waals surface area (Å²) in [5.74, 6) is 0.944. The molecule has 0 spiro atoms. The highest BCUT2D eigenvalue weighted by Gasteiger charge is 2.18. The van der Waals surface area contributed by atoms with Crippen LogP contribution in [0.5, 0.6) is 0 Å². The predicted octanol–water partition coefficient (Wildman–Crippen LogP) is 1.26. The molecule has 0 aliphatic carbocycles. The van der Waals surface area contributed by atoms with Gasteiger partial charge in [-0.2, -0.15) is 0 Å². The molecule has 2 aromatic rings. The van der Waals surface area contributed by atoms with Crippen molar-refractivity contribution in [1.29, 1.82) is 0 Å². The molecule has 2 aromatic heterocycles. The highest BCUT2D eigenvalue weighted by molar-refractivity contribution is 5.53. The molecular weight excluding hydrogens is 214 g/mol. The third-order valence-corrected chi connectivity index (χ3v) is 3.21. The number of nitrogens with one attached hydrogen (secondary N) is 1. The van der Waals surface area contributed by atoms with E-state index in [9.17, 15) is 0 Å². The molecule has 5 nitrogen and oxygen atoms in total. The second-order valence-electron chi connectivity index (χ2n) is 4.28. The van der Waals surface area contributed by atoms with Crippen molar-refractivity contribution in [3.8, 4) is 11.4 Å². The van der Waals surface area contributed by atoms with E-state index in [2.05, 4.69) is 25.1 Å². The molecule has 3 heterocycles. The SMILES string of the molecule is c1cc(-c2nncn2C2CCNCC2)ccn1. The van der Waals surface area contributed by atoms with Gasteiger partial charge in [-0.25, -0.2) is 0 Å². The Morgan fingerprint density at radius 2 is 1.94 bits per heavy atom. The van der Waals surface area contributed by atoms with Crippen molar-refractivity contribution in [3.05, 3.63) is 30.9 Å². The van der Waals surface area contributed by atoms with E-state index in [1.54, 1.807) is 12.4 Å². The molecule has 88 valence electrons. The summed E-state index contributed by atoms with van der Waals surface area (Å²) >= 11 is 0. The van der Waals surface area contributed by atoms with Crippen LogP contribution in [-0.2, 0) is 0 Å². The van der Waals surface area contributed by atoms with Crippen LogP contribution in [0.2, 0.25) is 0 Å². The molecule has 1 aliphatic rings. The lowest BCUT2D eigenvalue weighted by Gasteiger charge is -2.24. The molecule has 5 heteroatoms. The molecule has 0 bridgehead atoms. The molecule has 1 fully saturated rings. The number of aromatic nitrogens is 4. The van der Waals surface area contributed by atoms with Crippen molar-refractivity contribution in [1.82, 2.24) is 25.1 Å². The zero-order valence-corrected chi connectivity index (χ0v) is 9.58. The summed E-state index contributed by atoms with van der Waals surface area (Å²) in [6.45, 7) is 2.14. The highest BCUT2D eigenvalue weighted by atomic mass is 15.3. The number of piperidine rings is 1. The summed E-state index contributed by atoms with van der Waals surface area (Å²) in [7, 11) is 0. The number of hydrogen-bond acceptors (Lipinski definition) is 4. The van der Waals surface area contributed by atoms with Gasteiger partial charge in [0, 0.05) is 24.0 Å². The fraction of sp³-hybridized carbons (Fsp3) is 0.417. The minimum absolute atomic E-state index is 0.509. The Hall–Kier alpha value is -1.75. The zero-order valence-electron chi connectivity index (χ0n) is 9.58. The van der Waals surface area contributed by atoms with Crippen LogP contribution >= 0.6 is 0 Å². The third-order valence-electron chi connectivity index (χ3n) is 3.21. The summed E-state index contributed by atoms with van der Waals surface area (Å²) in [5.41, 5.74) is 1.08. The van der Waals surface area contributed by atoms with Crippen molar-refractivity contribution in [2.45, 2.75) is 18.9 Å². The van der Waals surface area contributed by atoms with Gasteiger partial charge in [-0.05, 0) is 38.1 Å². The van der Waals surface area contributed by atoms with Gasteiger partial charge >= 0.3 is 0 Å². The first kappa shape index (κ1) is 10.4. The minimum atomic E-state index is 0.509. The lowest BCUT2D eigenvalue weighted by Crippen LogP contribution is -2.29. The molecule has 0 aromatic carbocycles. The lowest BCUT2D eigenvalue weighted by atomic mass is 10.1. The quantitative estimate of drug-likeness (QED) is 0.842. The van der Waals surface area contributed by atoms with E-state index in [0.717, 1.165) is 37.3 Å². The van der Waals surface area contributed by atoms with E-state index < -0.39 is 0 Å². The second-order valence-corrected chi connectivity index (χ2v) is 4.28. The van der Waals surface area contributed by atoms with Gasteiger partial charge in [0.25, 0.3) is 0 Å². The van der Waals surface area contributed by atoms with E-state index in [4.69, 9.17) is 0 Å². The molecule has 0 radical (unpaired) electrons. The second kappa shape index (κ2) is 4.63. The number of hydrogen-bond donors (Lipinski definition) is 1. The Balaban J connectivity index is 1.93. The number of nitrogens with zero attached hydrogens (tertiary/aromatic N) is 4. The normalized spacial score (nSPS) is 17.2. The fourth-order valence-corrected chi connectivity index (χ4v) is 2.30. The van der Waals surface area contributed by atoms with E-state index in [0.29, 0.717) is 6.04 Å². The molecule has 0 unspecified atom stereocenters. The van der Waals surface area contributed by atoms with Gasteiger partial charge < -0.3 is 9.88 Å². The summed E-state index contributed by atoms with van der Waals surface area (Å²) in [4.78, 5) is 4.03. The van der Waals surface area contributed by atoms with Crippen molar-refractivity contribution >= 4 is 0 Å². The molecule has 0 amide bonds. The molecular formula is C12H15N5. The lowest BCUT2D eigenvalue weighted by molar-refractivity contribution is 0.370. The Kier molecular flexibility index (Phi) is 2.83. The predicted molar refractivity (Wildman–Crippen MR) is 64.4 cm³/mol. The highest BCUT2D eigenvalue weighted by Crippen LogP contribution is 2.24. The molecule has 1 saturated heterocycles. The average molecular weight is 229 g/mol. The fourth-order valence-electron chi connectivity index (χ4n) is 2.30. The minimum Gasteiger partial charge on any atom is -0.317 e. The van der Waals surface area contributed by atoms with E-state index >= 15 is 0 Å². The monoisotopic (exact) mass is 229 g/mol.